The highest BCUT2D eigenvalue weighted by molar-refractivity contribution is 7.88. The van der Waals surface area contributed by atoms with Gasteiger partial charge in [0.2, 0.25) is 22.3 Å². The molecule has 0 N–H and O–H groups in total. The number of nitrogens with zero attached hydrogens (tertiary/aromatic N) is 3. The molecule has 2 heterocycles. The van der Waals surface area contributed by atoms with Crippen molar-refractivity contribution >= 4 is 45.5 Å². The maximum Gasteiger partial charge on any atom is 0.227 e. The first-order valence-electron chi connectivity index (χ1n) is 9.20. The summed E-state index contributed by atoms with van der Waals surface area (Å²) >= 11 is 11.9. The van der Waals surface area contributed by atoms with E-state index in [-0.39, 0.29) is 24.1 Å². The van der Waals surface area contributed by atoms with Gasteiger partial charge in [-0.2, -0.15) is 0 Å². The summed E-state index contributed by atoms with van der Waals surface area (Å²) in [6.45, 7) is 2.61. The van der Waals surface area contributed by atoms with E-state index in [0.29, 0.717) is 61.2 Å². The number of carbonyl (C=O) groups excluding carboxylic acids is 2. The number of hydrogen-bond acceptors (Lipinski definition) is 4. The minimum absolute atomic E-state index is 0.0278. The number of hydrogen-bond donors (Lipinski definition) is 0. The van der Waals surface area contributed by atoms with Gasteiger partial charge in [0.15, 0.2) is 0 Å². The zero-order chi connectivity index (χ0) is 20.3. The van der Waals surface area contributed by atoms with E-state index in [9.17, 15) is 18.0 Å². The van der Waals surface area contributed by atoms with E-state index in [2.05, 4.69) is 0 Å². The van der Waals surface area contributed by atoms with Crippen LogP contribution in [-0.2, 0) is 25.4 Å². The third-order valence-corrected chi connectivity index (χ3v) is 7.79. The highest BCUT2D eigenvalue weighted by Crippen LogP contribution is 2.26. The molecule has 2 saturated heterocycles. The Balaban J connectivity index is 1.64. The summed E-state index contributed by atoms with van der Waals surface area (Å²) in [5.74, 6) is -0.553. The van der Waals surface area contributed by atoms with Crippen LogP contribution >= 0.6 is 23.2 Å². The van der Waals surface area contributed by atoms with Gasteiger partial charge in [-0.25, -0.2) is 12.7 Å². The Morgan fingerprint density at radius 2 is 1.82 bits per heavy atom. The van der Waals surface area contributed by atoms with Crippen LogP contribution < -0.4 is 0 Å². The molecule has 0 saturated carbocycles. The van der Waals surface area contributed by atoms with Crippen LogP contribution in [-0.4, -0.2) is 74.1 Å². The van der Waals surface area contributed by atoms with Crippen molar-refractivity contribution in [3.8, 4) is 0 Å². The first-order valence-corrected chi connectivity index (χ1v) is 11.6. The van der Waals surface area contributed by atoms with E-state index in [4.69, 9.17) is 23.2 Å². The third kappa shape index (κ3) is 4.97. The van der Waals surface area contributed by atoms with E-state index in [1.165, 1.54) is 4.31 Å². The predicted octanol–water partition coefficient (Wildman–Crippen LogP) is 1.84. The Hall–Kier alpha value is -1.35. The van der Waals surface area contributed by atoms with Gasteiger partial charge in [-0.3, -0.25) is 9.59 Å². The maximum atomic E-state index is 12.9. The molecular formula is C18H23Cl2N3O4S. The number of piperazine rings is 1. The summed E-state index contributed by atoms with van der Waals surface area (Å²) in [7, 11) is -3.57. The third-order valence-electron chi connectivity index (χ3n) is 5.23. The van der Waals surface area contributed by atoms with E-state index in [1.807, 2.05) is 0 Å². The zero-order valence-electron chi connectivity index (χ0n) is 15.4. The average molecular weight is 448 g/mol. The molecule has 0 aromatic heterocycles. The fraction of sp³-hybridized carbons (Fsp3) is 0.556. The molecule has 0 aliphatic carbocycles. The summed E-state index contributed by atoms with van der Waals surface area (Å²) in [5, 5.41) is 0.691. The molecule has 2 fully saturated rings. The van der Waals surface area contributed by atoms with Gasteiger partial charge in [0.05, 0.1) is 21.7 Å². The Morgan fingerprint density at radius 1 is 1.11 bits per heavy atom. The first kappa shape index (κ1) is 21.4. The molecule has 7 nitrogen and oxygen atoms in total. The predicted molar refractivity (Wildman–Crippen MR) is 108 cm³/mol. The second-order valence-electron chi connectivity index (χ2n) is 7.17. The van der Waals surface area contributed by atoms with Gasteiger partial charge in [-0.05, 0) is 30.5 Å². The second kappa shape index (κ2) is 8.98. The minimum atomic E-state index is -3.57. The Morgan fingerprint density at radius 3 is 2.46 bits per heavy atom. The van der Waals surface area contributed by atoms with Crippen molar-refractivity contribution in [2.45, 2.75) is 18.6 Å². The normalized spacial score (nSPS) is 21.6. The first-order chi connectivity index (χ1) is 13.3. The molecule has 0 unspecified atom stereocenters. The molecule has 2 aliphatic heterocycles. The van der Waals surface area contributed by atoms with Gasteiger partial charge in [-0.1, -0.05) is 29.3 Å². The number of carbonyl (C=O) groups is 2. The van der Waals surface area contributed by atoms with Gasteiger partial charge < -0.3 is 9.80 Å². The smallest absolute Gasteiger partial charge is 0.227 e. The van der Waals surface area contributed by atoms with Crippen LogP contribution in [0.5, 0.6) is 0 Å². The molecule has 154 valence electrons. The van der Waals surface area contributed by atoms with Gasteiger partial charge in [0.1, 0.15) is 0 Å². The van der Waals surface area contributed by atoms with E-state index < -0.39 is 10.0 Å². The van der Waals surface area contributed by atoms with Crippen molar-refractivity contribution in [2.24, 2.45) is 5.92 Å². The second-order valence-corrected chi connectivity index (χ2v) is 9.95. The van der Waals surface area contributed by atoms with Gasteiger partial charge in [0.25, 0.3) is 0 Å². The van der Waals surface area contributed by atoms with Crippen LogP contribution in [0.4, 0.5) is 0 Å². The molecule has 0 radical (unpaired) electrons. The van der Waals surface area contributed by atoms with E-state index in [0.717, 1.165) is 6.41 Å². The zero-order valence-corrected chi connectivity index (χ0v) is 17.7. The monoisotopic (exact) mass is 447 g/mol. The quantitative estimate of drug-likeness (QED) is 0.645. The number of piperidine rings is 1. The van der Waals surface area contributed by atoms with Crippen LogP contribution in [0, 0.1) is 5.92 Å². The molecule has 0 spiro atoms. The standard InChI is InChI=1S/C18H23Cl2N3O4S/c19-16-4-3-14(10-17(16)20)12-28(26,27)23-5-1-2-15(11-23)18(25)22-8-6-21(13-24)7-9-22/h3-4,10,13,15H,1-2,5-9,11-12H2/t15-/m1/s1. The highest BCUT2D eigenvalue weighted by atomic mass is 35.5. The molecule has 2 aliphatic rings. The number of amides is 2. The lowest BCUT2D eigenvalue weighted by molar-refractivity contribution is -0.140. The summed E-state index contributed by atoms with van der Waals surface area (Å²) in [6, 6.07) is 4.78. The molecule has 2 amide bonds. The van der Waals surface area contributed by atoms with Crippen LogP contribution in [0.25, 0.3) is 0 Å². The number of benzene rings is 1. The number of halogens is 2. The Kier molecular flexibility index (Phi) is 6.85. The summed E-state index contributed by atoms with van der Waals surface area (Å²) < 4.78 is 27.1. The molecular weight excluding hydrogens is 425 g/mol. The summed E-state index contributed by atoms with van der Waals surface area (Å²) in [4.78, 5) is 27.0. The van der Waals surface area contributed by atoms with Gasteiger partial charge in [0, 0.05) is 39.3 Å². The number of sulfonamides is 1. The maximum absolute atomic E-state index is 12.9. The molecule has 28 heavy (non-hydrogen) atoms. The van der Waals surface area contributed by atoms with Gasteiger partial charge in [-0.15, -0.1) is 0 Å². The highest BCUT2D eigenvalue weighted by Gasteiger charge is 2.35. The molecule has 1 atom stereocenters. The van der Waals surface area contributed by atoms with E-state index in [1.54, 1.807) is 28.0 Å². The van der Waals surface area contributed by atoms with Crippen LogP contribution in [0.2, 0.25) is 10.0 Å². The van der Waals surface area contributed by atoms with Crippen molar-refractivity contribution < 1.29 is 18.0 Å². The average Bonchev–Trinajstić information content (AvgIpc) is 2.70. The van der Waals surface area contributed by atoms with Crippen LogP contribution in [0.3, 0.4) is 0 Å². The van der Waals surface area contributed by atoms with Crippen LogP contribution in [0.1, 0.15) is 18.4 Å². The Bertz CT molecular complexity index is 841. The van der Waals surface area contributed by atoms with Crippen molar-refractivity contribution in [1.82, 2.24) is 14.1 Å². The fourth-order valence-electron chi connectivity index (χ4n) is 3.63. The lowest BCUT2D eigenvalue weighted by Crippen LogP contribution is -2.52. The largest absolute Gasteiger partial charge is 0.342 e. The SMILES string of the molecule is O=CN1CCN(C(=O)[C@@H]2CCCN(S(=O)(=O)Cc3ccc(Cl)c(Cl)c3)C2)CC1. The topological polar surface area (TPSA) is 78.0 Å². The Labute approximate surface area is 175 Å². The summed E-state index contributed by atoms with van der Waals surface area (Å²) in [6.07, 6.45) is 2.11. The van der Waals surface area contributed by atoms with Crippen molar-refractivity contribution in [2.75, 3.05) is 39.3 Å². The van der Waals surface area contributed by atoms with Crippen molar-refractivity contribution in [3.05, 3.63) is 33.8 Å². The van der Waals surface area contributed by atoms with Crippen LogP contribution in [0.15, 0.2) is 18.2 Å². The lowest BCUT2D eigenvalue weighted by Gasteiger charge is -2.37. The molecule has 3 rings (SSSR count). The minimum Gasteiger partial charge on any atom is -0.342 e. The fourth-order valence-corrected chi connectivity index (χ4v) is 5.55. The molecule has 10 heteroatoms. The lowest BCUT2D eigenvalue weighted by atomic mass is 9.98. The molecule has 1 aromatic carbocycles. The van der Waals surface area contributed by atoms with E-state index >= 15 is 0 Å². The molecule has 0 bridgehead atoms. The van der Waals surface area contributed by atoms with Crippen molar-refractivity contribution in [1.29, 1.82) is 0 Å². The van der Waals surface area contributed by atoms with Crippen molar-refractivity contribution in [3.63, 3.8) is 0 Å². The molecule has 1 aromatic rings. The summed E-state index contributed by atoms with van der Waals surface area (Å²) in [5.41, 5.74) is 0.563. The number of rotatable bonds is 5. The van der Waals surface area contributed by atoms with Gasteiger partial charge >= 0.3 is 0 Å².